The molecule has 14 heavy (non-hydrogen) atoms. The molecule has 0 aliphatic rings. The monoisotopic (exact) mass is 190 g/mol. The van der Waals surface area contributed by atoms with Crippen LogP contribution in [0, 0.1) is 6.57 Å². The molecule has 0 amide bonds. The van der Waals surface area contributed by atoms with Crippen LogP contribution in [0.5, 0.6) is 0 Å². The largest absolute Gasteiger partial charge is 0.480 e. The van der Waals surface area contributed by atoms with Crippen molar-refractivity contribution in [2.24, 2.45) is 5.73 Å². The first-order chi connectivity index (χ1) is 6.63. The van der Waals surface area contributed by atoms with Gasteiger partial charge in [0.2, 0.25) is 0 Å². The van der Waals surface area contributed by atoms with Gasteiger partial charge < -0.3 is 10.8 Å². The third-order valence-electron chi connectivity index (χ3n) is 1.84. The number of carbonyl (C=O) groups is 1. The van der Waals surface area contributed by atoms with E-state index in [4.69, 9.17) is 17.4 Å². The molecule has 0 heterocycles. The first-order valence-electron chi connectivity index (χ1n) is 4.08. The molecular weight excluding hydrogens is 180 g/mol. The van der Waals surface area contributed by atoms with Gasteiger partial charge in [-0.25, -0.2) is 4.85 Å². The van der Waals surface area contributed by atoms with Crippen LogP contribution >= 0.6 is 0 Å². The second-order valence-electron chi connectivity index (χ2n) is 2.93. The minimum atomic E-state index is -1.01. The number of carboxylic acids is 1. The molecule has 0 saturated carbocycles. The lowest BCUT2D eigenvalue weighted by Gasteiger charge is -2.05. The Bertz CT molecular complexity index is 365. The Labute approximate surface area is 81.8 Å². The predicted octanol–water partition coefficient (Wildman–Crippen LogP) is 1.19. The van der Waals surface area contributed by atoms with Gasteiger partial charge in [0.1, 0.15) is 6.04 Å². The molecule has 0 radical (unpaired) electrons. The van der Waals surface area contributed by atoms with Crippen LogP contribution < -0.4 is 5.73 Å². The van der Waals surface area contributed by atoms with E-state index >= 15 is 0 Å². The molecule has 0 aliphatic heterocycles. The van der Waals surface area contributed by atoms with Crippen molar-refractivity contribution in [3.8, 4) is 0 Å². The Balaban J connectivity index is 2.70. The minimum absolute atomic E-state index is 0.285. The van der Waals surface area contributed by atoms with Gasteiger partial charge in [-0.3, -0.25) is 4.79 Å². The first kappa shape index (κ1) is 10.2. The molecule has 0 spiro atoms. The zero-order valence-electron chi connectivity index (χ0n) is 7.47. The molecule has 1 aromatic rings. The lowest BCUT2D eigenvalue weighted by atomic mass is 10.1. The fourth-order valence-electron chi connectivity index (χ4n) is 1.05. The van der Waals surface area contributed by atoms with Crippen LogP contribution in [-0.2, 0) is 11.2 Å². The molecule has 0 bridgehead atoms. The van der Waals surface area contributed by atoms with Gasteiger partial charge in [0, 0.05) is 0 Å². The maximum Gasteiger partial charge on any atom is 0.320 e. The number of nitrogens with zero attached hydrogens (tertiary/aromatic N) is 1. The van der Waals surface area contributed by atoms with E-state index in [2.05, 4.69) is 4.85 Å². The van der Waals surface area contributed by atoms with Crippen molar-refractivity contribution in [3.05, 3.63) is 41.2 Å². The highest BCUT2D eigenvalue weighted by Crippen LogP contribution is 2.13. The van der Waals surface area contributed by atoms with E-state index in [9.17, 15) is 4.79 Å². The summed E-state index contributed by atoms with van der Waals surface area (Å²) in [6, 6.07) is 5.86. The van der Waals surface area contributed by atoms with Crippen LogP contribution in [0.1, 0.15) is 5.56 Å². The quantitative estimate of drug-likeness (QED) is 0.703. The molecule has 0 aromatic heterocycles. The Morgan fingerprint density at radius 2 is 2.07 bits per heavy atom. The number of aliphatic carboxylic acids is 1. The molecule has 4 nitrogen and oxygen atoms in total. The van der Waals surface area contributed by atoms with E-state index in [-0.39, 0.29) is 6.42 Å². The molecule has 4 heteroatoms. The van der Waals surface area contributed by atoms with Gasteiger partial charge in [-0.2, -0.15) is 0 Å². The van der Waals surface area contributed by atoms with Gasteiger partial charge >= 0.3 is 5.97 Å². The predicted molar refractivity (Wildman–Crippen MR) is 52.0 cm³/mol. The van der Waals surface area contributed by atoms with Crippen molar-refractivity contribution in [3.63, 3.8) is 0 Å². The van der Waals surface area contributed by atoms with Gasteiger partial charge in [-0.15, -0.1) is 0 Å². The molecule has 3 N–H and O–H groups in total. The molecule has 0 fully saturated rings. The van der Waals surface area contributed by atoms with E-state index in [0.29, 0.717) is 5.69 Å². The number of hydrogen-bond acceptors (Lipinski definition) is 2. The van der Waals surface area contributed by atoms with Crippen LogP contribution in [0.15, 0.2) is 24.3 Å². The summed E-state index contributed by atoms with van der Waals surface area (Å²) in [4.78, 5) is 13.7. The second-order valence-corrected chi connectivity index (χ2v) is 2.93. The molecule has 0 aliphatic carbocycles. The summed E-state index contributed by atoms with van der Waals surface area (Å²) in [5.41, 5.74) is 6.72. The van der Waals surface area contributed by atoms with Gasteiger partial charge in [0.15, 0.2) is 5.69 Å². The van der Waals surface area contributed by atoms with Crippen molar-refractivity contribution < 1.29 is 9.90 Å². The Hall–Kier alpha value is -1.86. The van der Waals surface area contributed by atoms with Crippen molar-refractivity contribution in [1.29, 1.82) is 0 Å². The summed E-state index contributed by atoms with van der Waals surface area (Å²) in [7, 11) is 0. The molecule has 0 saturated heterocycles. The van der Waals surface area contributed by atoms with E-state index in [1.807, 2.05) is 0 Å². The fraction of sp³-hybridized carbons (Fsp3) is 0.200. The summed E-state index contributed by atoms with van der Waals surface area (Å²) in [5, 5.41) is 8.57. The normalized spacial score (nSPS) is 11.7. The molecule has 1 rings (SSSR count). The van der Waals surface area contributed by atoms with E-state index < -0.39 is 12.0 Å². The van der Waals surface area contributed by atoms with Crippen molar-refractivity contribution in [1.82, 2.24) is 0 Å². The standard InChI is InChI=1S/C10H10N2O2/c1-12-8-4-2-7(3-5-8)6-9(11)10(13)14/h2-5,9H,6,11H2,(H,13,14). The van der Waals surface area contributed by atoms with Crippen molar-refractivity contribution in [2.75, 3.05) is 0 Å². The minimum Gasteiger partial charge on any atom is -0.480 e. The second kappa shape index (κ2) is 4.40. The van der Waals surface area contributed by atoms with Gasteiger partial charge in [0.25, 0.3) is 0 Å². The van der Waals surface area contributed by atoms with E-state index in [1.54, 1.807) is 24.3 Å². The third kappa shape index (κ3) is 2.57. The third-order valence-corrected chi connectivity index (χ3v) is 1.84. The van der Waals surface area contributed by atoms with Crippen LogP contribution in [0.25, 0.3) is 4.85 Å². The molecule has 1 unspecified atom stereocenters. The summed E-state index contributed by atoms with van der Waals surface area (Å²) < 4.78 is 0. The number of hydrogen-bond donors (Lipinski definition) is 2. The van der Waals surface area contributed by atoms with Crippen molar-refractivity contribution >= 4 is 11.7 Å². The zero-order valence-corrected chi connectivity index (χ0v) is 7.47. The smallest absolute Gasteiger partial charge is 0.320 e. The Morgan fingerprint density at radius 1 is 1.50 bits per heavy atom. The Morgan fingerprint density at radius 3 is 2.50 bits per heavy atom. The number of nitrogens with two attached hydrogens (primary N) is 1. The first-order valence-corrected chi connectivity index (χ1v) is 4.08. The lowest BCUT2D eigenvalue weighted by molar-refractivity contribution is -0.138. The van der Waals surface area contributed by atoms with E-state index in [0.717, 1.165) is 5.56 Å². The van der Waals surface area contributed by atoms with E-state index in [1.165, 1.54) is 0 Å². The SMILES string of the molecule is [C-]#[N+]c1ccc(CC(N)C(=O)O)cc1. The van der Waals surface area contributed by atoms with Gasteiger partial charge in [0.05, 0.1) is 6.57 Å². The Kier molecular flexibility index (Phi) is 3.21. The highest BCUT2D eigenvalue weighted by atomic mass is 16.4. The number of carboxylic acid groups (broad SMARTS) is 1. The summed E-state index contributed by atoms with van der Waals surface area (Å²) in [6.07, 6.45) is 0.285. The topological polar surface area (TPSA) is 67.7 Å². The van der Waals surface area contributed by atoms with Crippen LogP contribution in [-0.4, -0.2) is 17.1 Å². The highest BCUT2D eigenvalue weighted by Gasteiger charge is 2.11. The summed E-state index contributed by atoms with van der Waals surface area (Å²) in [6.45, 7) is 6.73. The molecule has 1 atom stereocenters. The fourth-order valence-corrected chi connectivity index (χ4v) is 1.05. The average Bonchev–Trinajstić information content (AvgIpc) is 2.19. The maximum atomic E-state index is 10.5. The van der Waals surface area contributed by atoms with Gasteiger partial charge in [-0.1, -0.05) is 24.3 Å². The maximum absolute atomic E-state index is 10.5. The van der Waals surface area contributed by atoms with Gasteiger partial charge in [-0.05, 0) is 12.0 Å². The van der Waals surface area contributed by atoms with Crippen LogP contribution in [0.4, 0.5) is 5.69 Å². The van der Waals surface area contributed by atoms with Crippen molar-refractivity contribution in [2.45, 2.75) is 12.5 Å². The molecule has 1 aromatic carbocycles. The number of benzene rings is 1. The van der Waals surface area contributed by atoms with Crippen LogP contribution in [0.2, 0.25) is 0 Å². The average molecular weight is 190 g/mol. The highest BCUT2D eigenvalue weighted by molar-refractivity contribution is 5.73. The summed E-state index contributed by atoms with van der Waals surface area (Å²) >= 11 is 0. The van der Waals surface area contributed by atoms with Crippen LogP contribution in [0.3, 0.4) is 0 Å². The zero-order chi connectivity index (χ0) is 10.6. The number of rotatable bonds is 3. The lowest BCUT2D eigenvalue weighted by Crippen LogP contribution is -2.32. The molecular formula is C10H10N2O2. The molecule has 72 valence electrons. The summed E-state index contributed by atoms with van der Waals surface area (Å²) in [5.74, 6) is -1.01.